The number of phenolic OH excluding ortho intramolecular Hbond substituents is 1. The van der Waals surface area contributed by atoms with Crippen LogP contribution >= 0.6 is 50.7 Å². The number of aromatic hydroxyl groups is 1. The normalized spacial score (nSPS) is 28.2. The molecule has 52 heavy (non-hydrogen) atoms. The van der Waals surface area contributed by atoms with Gasteiger partial charge in [-0.2, -0.15) is 0 Å². The molecule has 0 spiro atoms. The molecule has 1 N–H and O–H groups in total. The van der Waals surface area contributed by atoms with E-state index in [1.807, 2.05) is 30.4 Å². The van der Waals surface area contributed by atoms with Gasteiger partial charge < -0.3 is 19.3 Å². The van der Waals surface area contributed by atoms with Gasteiger partial charge in [0.05, 0.1) is 49.3 Å². The van der Waals surface area contributed by atoms with E-state index in [1.165, 1.54) is 24.1 Å². The molecule has 4 amide bonds. The Morgan fingerprint density at radius 1 is 0.885 bits per heavy atom. The monoisotopic (exact) mass is 828 g/mol. The minimum atomic E-state index is -2.02. The van der Waals surface area contributed by atoms with Crippen molar-refractivity contribution in [3.8, 4) is 23.0 Å². The van der Waals surface area contributed by atoms with Crippen LogP contribution in [-0.4, -0.2) is 70.2 Å². The van der Waals surface area contributed by atoms with Crippen molar-refractivity contribution in [3.05, 3.63) is 88.0 Å². The van der Waals surface area contributed by atoms with Crippen molar-refractivity contribution in [2.45, 2.75) is 28.5 Å². The summed E-state index contributed by atoms with van der Waals surface area (Å²) in [5.74, 6) is -4.60. The summed E-state index contributed by atoms with van der Waals surface area (Å²) in [6.45, 7) is 0. The van der Waals surface area contributed by atoms with Crippen molar-refractivity contribution < 1.29 is 38.5 Å². The van der Waals surface area contributed by atoms with Crippen LogP contribution in [0.4, 0.5) is 5.69 Å². The zero-order chi connectivity index (χ0) is 37.3. The maximum absolute atomic E-state index is 14.4. The number of halogens is 4. The van der Waals surface area contributed by atoms with Crippen molar-refractivity contribution in [3.63, 3.8) is 0 Å². The van der Waals surface area contributed by atoms with Gasteiger partial charge in [-0.15, -0.1) is 23.2 Å². The Kier molecular flexibility index (Phi) is 9.38. The molecule has 7 rings (SSSR count). The molecule has 10 nitrogen and oxygen atoms in total. The summed E-state index contributed by atoms with van der Waals surface area (Å²) in [7, 11) is 4.52. The lowest BCUT2D eigenvalue weighted by Crippen LogP contribution is -2.60. The molecule has 0 aromatic heterocycles. The van der Waals surface area contributed by atoms with Gasteiger partial charge in [-0.3, -0.25) is 29.0 Å². The van der Waals surface area contributed by atoms with Gasteiger partial charge in [0.2, 0.25) is 11.8 Å². The fourth-order valence-corrected chi connectivity index (χ4v) is 9.83. The number of hydrogen-bond donors (Lipinski definition) is 1. The van der Waals surface area contributed by atoms with Crippen LogP contribution in [0.3, 0.4) is 0 Å². The second kappa shape index (κ2) is 13.4. The molecule has 0 radical (unpaired) electrons. The molecule has 2 saturated heterocycles. The van der Waals surface area contributed by atoms with E-state index in [0.717, 1.165) is 16.0 Å². The second-order valence-corrected chi connectivity index (χ2v) is 15.2. The largest absolute Gasteiger partial charge is 0.503 e. The SMILES string of the molecule is COc1ccc(OC)c(C=Cc2ccc(N3C(=O)[C@H]4[C@H](CC=C5[C@H]4C[C@@]4(Cl)C(=O)N(CBr)C(=O)[C@@]4(Cl)[C@H]5c4cc(Cl)c(O)c(OC)c4)C3=O)cc2)c1. The van der Waals surface area contributed by atoms with E-state index in [9.17, 15) is 24.3 Å². The number of likely N-dealkylation sites (tertiary alicyclic amines) is 1. The number of fused-ring (bicyclic) bond motifs is 4. The van der Waals surface area contributed by atoms with Crippen molar-refractivity contribution in [2.24, 2.45) is 17.8 Å². The van der Waals surface area contributed by atoms with E-state index in [0.29, 0.717) is 28.3 Å². The number of alkyl halides is 3. The fourth-order valence-electron chi connectivity index (χ4n) is 8.19. The Balaban J connectivity index is 1.25. The number of carbonyl (C=O) groups is 4. The number of phenols is 1. The quantitative estimate of drug-likeness (QED) is 0.0836. The van der Waals surface area contributed by atoms with Gasteiger partial charge in [-0.05, 0) is 72.4 Å². The first kappa shape index (κ1) is 36.3. The summed E-state index contributed by atoms with van der Waals surface area (Å²) < 4.78 is 16.2. The number of anilines is 1. The molecule has 2 heterocycles. The third kappa shape index (κ3) is 5.26. The average molecular weight is 831 g/mol. The Bertz CT molecular complexity index is 2090. The molecular formula is C38H32BrCl3N2O8. The van der Waals surface area contributed by atoms with Crippen LogP contribution in [0, 0.1) is 17.8 Å². The van der Waals surface area contributed by atoms with Crippen molar-refractivity contribution in [2.75, 3.05) is 31.7 Å². The Labute approximate surface area is 323 Å². The number of allylic oxidation sites excluding steroid dienone is 2. The van der Waals surface area contributed by atoms with Gasteiger partial charge >= 0.3 is 0 Å². The highest BCUT2D eigenvalue weighted by Crippen LogP contribution is 2.66. The number of benzene rings is 3. The summed E-state index contributed by atoms with van der Waals surface area (Å²) in [6.07, 6.45) is 5.61. The number of rotatable bonds is 8. The van der Waals surface area contributed by atoms with Crippen LogP contribution in [-0.2, 0) is 19.2 Å². The molecule has 1 saturated carbocycles. The van der Waals surface area contributed by atoms with Gasteiger partial charge in [-0.25, -0.2) is 0 Å². The standard InChI is InChI=1S/C38H32BrCl3N2O8/c1-50-23-10-13-28(51-2)20(14-23)7-4-19-5-8-22(9-6-19)44-33(46)25-12-11-24-26(30(25)34(44)47)17-37(41)35(48)43(18-39)36(49)38(37,42)31(24)21-15-27(40)32(45)29(16-21)52-3/h4-11,13-16,25-26,30-31,45H,12,17-18H2,1-3H3/t25-,26+,30-,31-,37+,38-/m0/s1. The van der Waals surface area contributed by atoms with Crippen LogP contribution in [0.2, 0.25) is 5.02 Å². The summed E-state index contributed by atoms with van der Waals surface area (Å²) in [5.41, 5.74) is 2.81. The molecule has 2 aliphatic heterocycles. The molecule has 2 aliphatic carbocycles. The van der Waals surface area contributed by atoms with E-state index >= 15 is 0 Å². The summed E-state index contributed by atoms with van der Waals surface area (Å²) in [4.78, 5) is 54.6. The molecule has 6 atom stereocenters. The minimum Gasteiger partial charge on any atom is -0.503 e. The topological polar surface area (TPSA) is 123 Å². The van der Waals surface area contributed by atoms with Gasteiger partial charge in [0, 0.05) is 11.5 Å². The van der Waals surface area contributed by atoms with Crippen LogP contribution in [0.15, 0.2) is 66.2 Å². The van der Waals surface area contributed by atoms with Gasteiger partial charge in [0.25, 0.3) is 11.8 Å². The van der Waals surface area contributed by atoms with E-state index in [-0.39, 0.29) is 40.7 Å². The van der Waals surface area contributed by atoms with Crippen molar-refractivity contribution in [1.29, 1.82) is 0 Å². The molecular weight excluding hydrogens is 799 g/mol. The fraction of sp³-hybridized carbons (Fsp3) is 0.316. The Morgan fingerprint density at radius 3 is 2.25 bits per heavy atom. The summed E-state index contributed by atoms with van der Waals surface area (Å²) in [6, 6.07) is 15.4. The first-order valence-electron chi connectivity index (χ1n) is 16.3. The van der Waals surface area contributed by atoms with Crippen LogP contribution in [0.1, 0.15) is 35.4 Å². The Hall–Kier alpha value is -4.03. The maximum atomic E-state index is 14.4. The van der Waals surface area contributed by atoms with E-state index in [2.05, 4.69) is 15.9 Å². The molecule has 0 bridgehead atoms. The first-order valence-corrected chi connectivity index (χ1v) is 18.5. The predicted molar refractivity (Wildman–Crippen MR) is 200 cm³/mol. The molecule has 0 unspecified atom stereocenters. The van der Waals surface area contributed by atoms with Gasteiger partial charge in [-0.1, -0.05) is 63.5 Å². The lowest BCUT2D eigenvalue weighted by atomic mass is 9.56. The second-order valence-electron chi connectivity index (χ2n) is 13.1. The first-order chi connectivity index (χ1) is 24.8. The minimum absolute atomic E-state index is 0.0210. The molecule has 270 valence electrons. The van der Waals surface area contributed by atoms with Crippen molar-refractivity contribution >= 4 is 92.2 Å². The van der Waals surface area contributed by atoms with Crippen LogP contribution in [0.25, 0.3) is 12.2 Å². The number of carbonyl (C=O) groups excluding carboxylic acids is 4. The van der Waals surface area contributed by atoms with Crippen molar-refractivity contribution in [1.82, 2.24) is 4.90 Å². The van der Waals surface area contributed by atoms with Gasteiger partial charge in [0.1, 0.15) is 11.5 Å². The molecule has 14 heteroatoms. The number of methoxy groups -OCH3 is 3. The number of imide groups is 2. The summed E-state index contributed by atoms with van der Waals surface area (Å²) in [5, 5.41) is 10.5. The van der Waals surface area contributed by atoms with Crippen LogP contribution < -0.4 is 19.1 Å². The number of hydrogen-bond acceptors (Lipinski definition) is 8. The number of amides is 4. The predicted octanol–water partition coefficient (Wildman–Crippen LogP) is 7.16. The average Bonchev–Trinajstić information content (AvgIpc) is 3.48. The highest BCUT2D eigenvalue weighted by atomic mass is 79.9. The number of nitrogens with zero attached hydrogens (tertiary/aromatic N) is 2. The lowest BCUT2D eigenvalue weighted by Gasteiger charge is -2.50. The smallest absolute Gasteiger partial charge is 0.254 e. The zero-order valence-electron chi connectivity index (χ0n) is 28.1. The lowest BCUT2D eigenvalue weighted by molar-refractivity contribution is -0.138. The highest BCUT2D eigenvalue weighted by molar-refractivity contribution is 9.09. The Morgan fingerprint density at radius 2 is 1.60 bits per heavy atom. The molecule has 3 fully saturated rings. The van der Waals surface area contributed by atoms with E-state index in [4.69, 9.17) is 49.0 Å². The van der Waals surface area contributed by atoms with Crippen LogP contribution in [0.5, 0.6) is 23.0 Å². The molecule has 3 aromatic carbocycles. The maximum Gasteiger partial charge on any atom is 0.254 e. The third-order valence-corrected chi connectivity index (χ3v) is 12.9. The summed E-state index contributed by atoms with van der Waals surface area (Å²) >= 11 is 24.3. The highest BCUT2D eigenvalue weighted by Gasteiger charge is 2.76. The molecule has 3 aromatic rings. The van der Waals surface area contributed by atoms with E-state index in [1.54, 1.807) is 44.6 Å². The number of ether oxygens (including phenoxy) is 3. The third-order valence-electron chi connectivity index (χ3n) is 10.7. The van der Waals surface area contributed by atoms with Gasteiger partial charge in [0.15, 0.2) is 21.2 Å². The molecule has 4 aliphatic rings. The van der Waals surface area contributed by atoms with E-state index < -0.39 is 51.1 Å². The zero-order valence-corrected chi connectivity index (χ0v) is 31.9.